The maximum Gasteiger partial charge on any atom is 0.255 e. The lowest BCUT2D eigenvalue weighted by molar-refractivity contribution is 0.0948. The average molecular weight is 413 g/mol. The van der Waals surface area contributed by atoms with Crippen molar-refractivity contribution < 1.29 is 18.3 Å². The van der Waals surface area contributed by atoms with Crippen molar-refractivity contribution in [1.29, 1.82) is 0 Å². The fourth-order valence-electron chi connectivity index (χ4n) is 2.11. The van der Waals surface area contributed by atoms with E-state index in [0.717, 1.165) is 0 Å². The molecule has 0 spiro atoms. The van der Waals surface area contributed by atoms with E-state index in [4.69, 9.17) is 0 Å². The van der Waals surface area contributed by atoms with Gasteiger partial charge in [-0.1, -0.05) is 40.2 Å². The van der Waals surface area contributed by atoms with Crippen LogP contribution in [-0.4, -0.2) is 26.5 Å². The van der Waals surface area contributed by atoms with Gasteiger partial charge in [0.2, 0.25) is 10.0 Å². The van der Waals surface area contributed by atoms with E-state index >= 15 is 0 Å². The van der Waals surface area contributed by atoms with Crippen molar-refractivity contribution in [3.8, 4) is 5.75 Å². The van der Waals surface area contributed by atoms with Crippen LogP contribution in [0.5, 0.6) is 5.75 Å². The van der Waals surface area contributed by atoms with Crippen molar-refractivity contribution in [3.05, 3.63) is 63.6 Å². The molecule has 0 saturated carbocycles. The molecule has 0 heterocycles. The number of benzene rings is 2. The van der Waals surface area contributed by atoms with Crippen LogP contribution in [0.2, 0.25) is 0 Å². The monoisotopic (exact) mass is 412 g/mol. The lowest BCUT2D eigenvalue weighted by atomic mass is 10.1. The van der Waals surface area contributed by atoms with Crippen LogP contribution in [0.3, 0.4) is 0 Å². The minimum absolute atomic E-state index is 0.123. The van der Waals surface area contributed by atoms with Gasteiger partial charge in [-0.05, 0) is 36.4 Å². The number of carbonyl (C=O) groups is 1. The molecule has 0 aliphatic rings. The molecule has 128 valence electrons. The zero-order valence-corrected chi connectivity index (χ0v) is 15.3. The van der Waals surface area contributed by atoms with E-state index in [-0.39, 0.29) is 23.6 Å². The molecule has 0 fully saturated rings. The first-order valence-electron chi connectivity index (χ1n) is 7.07. The summed E-state index contributed by atoms with van der Waals surface area (Å²) in [4.78, 5) is 12.2. The number of nitrogens with one attached hydrogen (secondary N) is 2. The van der Waals surface area contributed by atoms with Crippen molar-refractivity contribution in [2.45, 2.75) is 12.3 Å². The predicted molar refractivity (Wildman–Crippen MR) is 95.1 cm³/mol. The normalized spacial score (nSPS) is 11.2. The Bertz CT molecular complexity index is 853. The van der Waals surface area contributed by atoms with Crippen LogP contribution in [0.25, 0.3) is 0 Å². The average Bonchev–Trinajstić information content (AvgIpc) is 2.55. The van der Waals surface area contributed by atoms with Crippen molar-refractivity contribution in [3.63, 3.8) is 0 Å². The van der Waals surface area contributed by atoms with Gasteiger partial charge in [0, 0.05) is 11.0 Å². The lowest BCUT2D eigenvalue weighted by Gasteiger charge is -2.11. The number of halogens is 1. The molecule has 1 amide bonds. The van der Waals surface area contributed by atoms with Gasteiger partial charge < -0.3 is 10.4 Å². The topological polar surface area (TPSA) is 95.5 Å². The molecule has 3 N–H and O–H groups in total. The molecule has 8 heteroatoms. The Balaban J connectivity index is 2.15. The van der Waals surface area contributed by atoms with Gasteiger partial charge in [-0.25, -0.2) is 13.1 Å². The minimum Gasteiger partial charge on any atom is -0.507 e. The second-order valence-corrected chi connectivity index (χ2v) is 7.92. The van der Waals surface area contributed by atoms with Crippen molar-refractivity contribution in [2.75, 3.05) is 7.05 Å². The first-order chi connectivity index (χ1) is 11.3. The second-order valence-electron chi connectivity index (χ2n) is 5.08. The summed E-state index contributed by atoms with van der Waals surface area (Å²) in [6, 6.07) is 11.5. The van der Waals surface area contributed by atoms with E-state index in [1.54, 1.807) is 30.3 Å². The fourth-order valence-corrected chi connectivity index (χ4v) is 3.30. The smallest absolute Gasteiger partial charge is 0.255 e. The Morgan fingerprint density at radius 2 is 1.83 bits per heavy atom. The number of rotatable bonds is 6. The van der Waals surface area contributed by atoms with E-state index in [9.17, 15) is 18.3 Å². The standard InChI is InChI=1S/C16H17BrN2O4S/c1-18-24(22,23)10-12-5-3-2-4-11(12)9-19-16(21)14-8-13(17)6-7-15(14)20/h2-8,18,20H,9-10H2,1H3,(H,19,21). The molecule has 0 bridgehead atoms. The predicted octanol–water partition coefficient (Wildman–Crippen LogP) is 2.13. The van der Waals surface area contributed by atoms with Crippen LogP contribution in [0, 0.1) is 0 Å². The fraction of sp³-hybridized carbons (Fsp3) is 0.188. The highest BCUT2D eigenvalue weighted by Crippen LogP contribution is 2.22. The van der Waals surface area contributed by atoms with Crippen LogP contribution >= 0.6 is 15.9 Å². The quantitative estimate of drug-likeness (QED) is 0.676. The van der Waals surface area contributed by atoms with Crippen LogP contribution in [0.1, 0.15) is 21.5 Å². The number of hydrogen-bond acceptors (Lipinski definition) is 4. The van der Waals surface area contributed by atoms with Gasteiger partial charge in [0.25, 0.3) is 5.91 Å². The largest absolute Gasteiger partial charge is 0.507 e. The molecule has 2 rings (SSSR count). The van der Waals surface area contributed by atoms with Gasteiger partial charge in [-0.2, -0.15) is 0 Å². The van der Waals surface area contributed by atoms with Crippen molar-refractivity contribution in [1.82, 2.24) is 10.0 Å². The molecule has 0 aliphatic heterocycles. The molecule has 24 heavy (non-hydrogen) atoms. The highest BCUT2D eigenvalue weighted by atomic mass is 79.9. The molecule has 0 aromatic heterocycles. The molecule has 6 nitrogen and oxygen atoms in total. The maximum absolute atomic E-state index is 12.2. The third-order valence-electron chi connectivity index (χ3n) is 3.42. The van der Waals surface area contributed by atoms with Gasteiger partial charge in [0.05, 0.1) is 11.3 Å². The highest BCUT2D eigenvalue weighted by molar-refractivity contribution is 9.10. The van der Waals surface area contributed by atoms with Gasteiger partial charge in [0.1, 0.15) is 5.75 Å². The van der Waals surface area contributed by atoms with Crippen molar-refractivity contribution >= 4 is 31.9 Å². The van der Waals surface area contributed by atoms with Gasteiger partial charge in [0.15, 0.2) is 0 Å². The molecular formula is C16H17BrN2O4S. The molecule has 0 unspecified atom stereocenters. The molecule has 0 radical (unpaired) electrons. The number of hydrogen-bond donors (Lipinski definition) is 3. The first kappa shape index (κ1) is 18.4. The summed E-state index contributed by atoms with van der Waals surface area (Å²) < 4.78 is 26.4. The summed E-state index contributed by atoms with van der Waals surface area (Å²) in [6.45, 7) is 0.153. The molecule has 0 atom stereocenters. The molecule has 0 saturated heterocycles. The van der Waals surface area contributed by atoms with Crippen LogP contribution in [0.15, 0.2) is 46.9 Å². The Morgan fingerprint density at radius 1 is 1.17 bits per heavy atom. The summed E-state index contributed by atoms with van der Waals surface area (Å²) in [5, 5.41) is 12.5. The Labute approximate surface area is 149 Å². The summed E-state index contributed by atoms with van der Waals surface area (Å²) >= 11 is 3.25. The molecule has 2 aromatic rings. The number of carbonyl (C=O) groups excluding carboxylic acids is 1. The summed E-state index contributed by atoms with van der Waals surface area (Å²) in [7, 11) is -2.05. The Morgan fingerprint density at radius 3 is 2.50 bits per heavy atom. The molecule has 2 aromatic carbocycles. The zero-order chi connectivity index (χ0) is 17.7. The lowest BCUT2D eigenvalue weighted by Crippen LogP contribution is -2.25. The summed E-state index contributed by atoms with van der Waals surface area (Å²) in [5.74, 6) is -0.737. The zero-order valence-electron chi connectivity index (χ0n) is 12.9. The Kier molecular flexibility index (Phi) is 5.98. The van der Waals surface area contributed by atoms with Gasteiger partial charge in [-0.3, -0.25) is 4.79 Å². The van der Waals surface area contributed by atoms with E-state index in [2.05, 4.69) is 26.0 Å². The van der Waals surface area contributed by atoms with Crippen LogP contribution in [0.4, 0.5) is 0 Å². The molecule has 0 aliphatic carbocycles. The number of aromatic hydroxyl groups is 1. The third-order valence-corrected chi connectivity index (χ3v) is 5.22. The molecular weight excluding hydrogens is 396 g/mol. The maximum atomic E-state index is 12.2. The van der Waals surface area contributed by atoms with Crippen molar-refractivity contribution in [2.24, 2.45) is 0 Å². The van der Waals surface area contributed by atoms with E-state index in [1.807, 2.05) is 0 Å². The van der Waals surface area contributed by atoms with E-state index in [0.29, 0.717) is 15.6 Å². The van der Waals surface area contributed by atoms with Gasteiger partial charge >= 0.3 is 0 Å². The summed E-state index contributed by atoms with van der Waals surface area (Å²) in [6.07, 6.45) is 0. The van der Waals surface area contributed by atoms with Crippen LogP contribution < -0.4 is 10.0 Å². The highest BCUT2D eigenvalue weighted by Gasteiger charge is 2.14. The van der Waals surface area contributed by atoms with Gasteiger partial charge in [-0.15, -0.1) is 0 Å². The van der Waals surface area contributed by atoms with E-state index < -0.39 is 15.9 Å². The second kappa shape index (κ2) is 7.78. The number of phenolic OH excluding ortho intramolecular Hbond substituents is 1. The number of amides is 1. The third kappa shape index (κ3) is 4.80. The SMILES string of the molecule is CNS(=O)(=O)Cc1ccccc1CNC(=O)c1cc(Br)ccc1O. The first-order valence-corrected chi connectivity index (χ1v) is 9.51. The minimum atomic E-state index is -3.41. The van der Waals surface area contributed by atoms with Crippen LogP contribution in [-0.2, 0) is 22.3 Å². The summed E-state index contributed by atoms with van der Waals surface area (Å²) in [5.41, 5.74) is 1.44. The Hall–Kier alpha value is -1.90. The number of phenols is 1. The van der Waals surface area contributed by atoms with E-state index in [1.165, 1.54) is 19.2 Å². The number of sulfonamides is 1.